The fraction of sp³-hybridized carbons (Fsp3) is 0.263. The second-order valence-corrected chi connectivity index (χ2v) is 5.32. The maximum Gasteiger partial charge on any atom is 0.228 e. The first-order valence-electron chi connectivity index (χ1n) is 11.1. The minimum atomic E-state index is -2.75. The predicted octanol–water partition coefficient (Wildman–Crippen LogP) is 3.25. The SMILES string of the molecule is [2H]c1c([2H])c(-c2nc3ccc(C)cn3c2C([2H])C(=O)N(C)C([2H])([2H])[2H])c([2H])c([2H])c1C. The summed E-state index contributed by atoms with van der Waals surface area (Å²) in [5.74, 6) is -1.01. The average Bonchev–Trinajstić information content (AvgIpc) is 3.06. The summed E-state index contributed by atoms with van der Waals surface area (Å²) in [6.45, 7) is 0.515. The zero-order valence-corrected chi connectivity index (χ0v) is 13.1. The molecule has 0 bridgehead atoms. The largest absolute Gasteiger partial charge is 0.348 e. The van der Waals surface area contributed by atoms with E-state index in [1.807, 2.05) is 0 Å². The molecule has 3 rings (SSSR count). The number of aromatic nitrogens is 2. The van der Waals surface area contributed by atoms with Crippen LogP contribution in [-0.2, 0) is 11.2 Å². The first-order valence-corrected chi connectivity index (χ1v) is 7.03. The van der Waals surface area contributed by atoms with E-state index >= 15 is 0 Å². The number of nitrogens with zero attached hydrogens (tertiary/aromatic N) is 3. The molecular formula is C19H21N3O. The Hall–Kier alpha value is -2.62. The Morgan fingerprint density at radius 1 is 1.30 bits per heavy atom. The van der Waals surface area contributed by atoms with Crippen LogP contribution in [0.1, 0.15) is 27.8 Å². The van der Waals surface area contributed by atoms with Crippen LogP contribution in [0.5, 0.6) is 0 Å². The summed E-state index contributed by atoms with van der Waals surface area (Å²) >= 11 is 0. The number of aryl methyl sites for hydroxylation is 1. The van der Waals surface area contributed by atoms with Crippen molar-refractivity contribution in [3.05, 3.63) is 59.3 Å². The van der Waals surface area contributed by atoms with Crippen LogP contribution < -0.4 is 0 Å². The van der Waals surface area contributed by atoms with Crippen molar-refractivity contribution in [2.24, 2.45) is 0 Å². The van der Waals surface area contributed by atoms with E-state index in [-0.39, 0.29) is 46.7 Å². The standard InChI is InChI=1S/C19H21N3O/c1-13-5-8-15(9-6-13)19-16(11-18(23)21(3)4)22-12-14(2)7-10-17(22)20-19/h5-10,12H,11H2,1-4H3/i3D3,5D,6D,8D,9D,11D. The van der Waals surface area contributed by atoms with Gasteiger partial charge in [-0.1, -0.05) is 35.8 Å². The van der Waals surface area contributed by atoms with E-state index < -0.39 is 19.3 Å². The monoisotopic (exact) mass is 315 g/mol. The minimum Gasteiger partial charge on any atom is -0.348 e. The van der Waals surface area contributed by atoms with Gasteiger partial charge in [0, 0.05) is 31.3 Å². The fourth-order valence-electron chi connectivity index (χ4n) is 2.20. The number of carbonyl (C=O) groups is 1. The van der Waals surface area contributed by atoms with Gasteiger partial charge in [-0.05, 0) is 25.5 Å². The molecule has 1 unspecified atom stereocenters. The molecule has 0 radical (unpaired) electrons. The second-order valence-electron chi connectivity index (χ2n) is 5.32. The van der Waals surface area contributed by atoms with Crippen LogP contribution in [0.25, 0.3) is 16.9 Å². The van der Waals surface area contributed by atoms with Crippen molar-refractivity contribution in [2.75, 3.05) is 14.0 Å². The highest BCUT2D eigenvalue weighted by Crippen LogP contribution is 2.26. The number of imidazole rings is 1. The van der Waals surface area contributed by atoms with Crippen molar-refractivity contribution in [1.82, 2.24) is 14.3 Å². The number of hydrogen-bond donors (Lipinski definition) is 0. The molecule has 0 saturated heterocycles. The van der Waals surface area contributed by atoms with E-state index in [0.717, 1.165) is 12.6 Å². The smallest absolute Gasteiger partial charge is 0.228 e. The molecular weight excluding hydrogens is 286 g/mol. The van der Waals surface area contributed by atoms with Gasteiger partial charge < -0.3 is 9.30 Å². The Morgan fingerprint density at radius 3 is 2.74 bits per heavy atom. The van der Waals surface area contributed by atoms with E-state index in [9.17, 15) is 4.79 Å². The van der Waals surface area contributed by atoms with Gasteiger partial charge in [-0.25, -0.2) is 4.98 Å². The van der Waals surface area contributed by atoms with Crippen LogP contribution in [0, 0.1) is 13.8 Å². The van der Waals surface area contributed by atoms with Crippen LogP contribution in [-0.4, -0.2) is 34.2 Å². The molecule has 1 atom stereocenters. The molecule has 0 aliphatic carbocycles. The number of pyridine rings is 1. The summed E-state index contributed by atoms with van der Waals surface area (Å²) < 4.78 is 65.4. The topological polar surface area (TPSA) is 37.6 Å². The molecule has 118 valence electrons. The lowest BCUT2D eigenvalue weighted by Gasteiger charge is -2.11. The second kappa shape index (κ2) is 5.88. The Balaban J connectivity index is 2.37. The molecule has 0 aliphatic rings. The van der Waals surface area contributed by atoms with E-state index in [4.69, 9.17) is 11.0 Å². The normalized spacial score (nSPS) is 17.9. The Labute approximate surface area is 147 Å². The number of rotatable bonds is 3. The lowest BCUT2D eigenvalue weighted by Crippen LogP contribution is -2.24. The van der Waals surface area contributed by atoms with Crippen LogP contribution in [0.4, 0.5) is 0 Å². The van der Waals surface area contributed by atoms with Gasteiger partial charge in [0.25, 0.3) is 0 Å². The molecule has 4 heteroatoms. The number of fused-ring (bicyclic) bond motifs is 1. The molecule has 0 saturated carbocycles. The summed E-state index contributed by atoms with van der Waals surface area (Å²) in [6.07, 6.45) is -0.101. The number of carbonyl (C=O) groups excluding carboxylic acids is 1. The maximum atomic E-state index is 12.8. The molecule has 2 aromatic heterocycles. The third-order valence-corrected chi connectivity index (χ3v) is 3.38. The summed E-state index contributed by atoms with van der Waals surface area (Å²) in [5, 5.41) is 0. The molecule has 2 heterocycles. The summed E-state index contributed by atoms with van der Waals surface area (Å²) in [7, 11) is 1.08. The third kappa shape index (κ3) is 2.97. The molecule has 0 aliphatic heterocycles. The quantitative estimate of drug-likeness (QED) is 0.744. The van der Waals surface area contributed by atoms with Gasteiger partial charge in [0.2, 0.25) is 5.91 Å². The van der Waals surface area contributed by atoms with Gasteiger partial charge in [-0.3, -0.25) is 4.79 Å². The molecule has 1 amide bonds. The average molecular weight is 315 g/mol. The van der Waals surface area contributed by atoms with Crippen molar-refractivity contribution in [3.8, 4) is 11.3 Å². The molecule has 1 aromatic carbocycles. The lowest BCUT2D eigenvalue weighted by molar-refractivity contribution is -0.128. The summed E-state index contributed by atoms with van der Waals surface area (Å²) in [6, 6.07) is 2.21. The van der Waals surface area contributed by atoms with Crippen molar-refractivity contribution in [1.29, 1.82) is 0 Å². The third-order valence-electron chi connectivity index (χ3n) is 3.38. The van der Waals surface area contributed by atoms with Crippen molar-refractivity contribution < 1.29 is 15.8 Å². The first-order chi connectivity index (χ1) is 14.3. The fourth-order valence-corrected chi connectivity index (χ4v) is 2.20. The minimum absolute atomic E-state index is 0.0237. The van der Waals surface area contributed by atoms with Crippen LogP contribution >= 0.6 is 0 Å². The van der Waals surface area contributed by atoms with Crippen LogP contribution in [0.2, 0.25) is 0 Å². The highest BCUT2D eigenvalue weighted by molar-refractivity contribution is 5.81. The number of benzene rings is 1. The van der Waals surface area contributed by atoms with E-state index in [1.165, 1.54) is 11.3 Å². The highest BCUT2D eigenvalue weighted by Gasteiger charge is 2.18. The van der Waals surface area contributed by atoms with E-state index in [0.29, 0.717) is 10.5 Å². The summed E-state index contributed by atoms with van der Waals surface area (Å²) in [4.78, 5) is 17.7. The van der Waals surface area contributed by atoms with E-state index in [1.54, 1.807) is 25.3 Å². The summed E-state index contributed by atoms with van der Waals surface area (Å²) in [5.41, 5.74) is 1.05. The van der Waals surface area contributed by atoms with Gasteiger partial charge in [0.15, 0.2) is 0 Å². The van der Waals surface area contributed by atoms with Crippen LogP contribution in [0.15, 0.2) is 42.5 Å². The van der Waals surface area contributed by atoms with Gasteiger partial charge >= 0.3 is 0 Å². The van der Waals surface area contributed by atoms with Gasteiger partial charge in [-0.2, -0.15) is 0 Å². The number of amides is 1. The first kappa shape index (κ1) is 8.29. The molecule has 4 nitrogen and oxygen atoms in total. The maximum absolute atomic E-state index is 12.8. The van der Waals surface area contributed by atoms with Crippen LogP contribution in [0.3, 0.4) is 0 Å². The molecule has 0 fully saturated rings. The zero-order chi connectivity index (χ0) is 23.4. The van der Waals surface area contributed by atoms with Crippen molar-refractivity contribution >= 4 is 11.6 Å². The van der Waals surface area contributed by atoms with Crippen molar-refractivity contribution in [3.63, 3.8) is 0 Å². The number of hydrogen-bond acceptors (Lipinski definition) is 2. The molecule has 0 N–H and O–H groups in total. The molecule has 23 heavy (non-hydrogen) atoms. The molecule has 0 spiro atoms. The predicted molar refractivity (Wildman–Crippen MR) is 92.5 cm³/mol. The van der Waals surface area contributed by atoms with Crippen molar-refractivity contribution in [2.45, 2.75) is 20.2 Å². The number of likely N-dealkylation sites (N-methyl/N-ethyl adjacent to an activating group) is 1. The van der Waals surface area contributed by atoms with E-state index in [2.05, 4.69) is 4.98 Å². The highest BCUT2D eigenvalue weighted by atomic mass is 16.2. The van der Waals surface area contributed by atoms with Gasteiger partial charge in [0.05, 0.1) is 23.3 Å². The van der Waals surface area contributed by atoms with Gasteiger partial charge in [-0.15, -0.1) is 0 Å². The Kier molecular flexibility index (Phi) is 2.12. The van der Waals surface area contributed by atoms with Gasteiger partial charge in [0.1, 0.15) is 5.65 Å². The Bertz CT molecular complexity index is 1170. The zero-order valence-electron chi connectivity index (χ0n) is 21.1. The molecule has 3 aromatic rings. The Morgan fingerprint density at radius 2 is 2.04 bits per heavy atom. The lowest BCUT2D eigenvalue weighted by atomic mass is 10.1.